The van der Waals surface area contributed by atoms with Gasteiger partial charge in [-0.3, -0.25) is 0 Å². The van der Waals surface area contributed by atoms with E-state index in [1.54, 1.807) is 16.7 Å². The fraction of sp³-hybridized carbons (Fsp3) is 0.619. The van der Waals surface area contributed by atoms with Gasteiger partial charge in [-0.2, -0.15) is 0 Å². The molecule has 114 valence electrons. The second kappa shape index (κ2) is 7.82. The lowest BCUT2D eigenvalue weighted by atomic mass is 9.92. The Bertz CT molecular complexity index is 481. The minimum Gasteiger partial charge on any atom is -0.0795 e. The normalized spacial score (nSPS) is 20.6. The molecule has 0 atom stereocenters. The molecule has 0 spiro atoms. The van der Waals surface area contributed by atoms with Crippen molar-refractivity contribution in [3.8, 4) is 0 Å². The van der Waals surface area contributed by atoms with Crippen LogP contribution in [0.1, 0.15) is 86.5 Å². The summed E-state index contributed by atoms with van der Waals surface area (Å²) in [6, 6.07) is 5.02. The quantitative estimate of drug-likeness (QED) is 0.527. The first-order chi connectivity index (χ1) is 10.4. The maximum atomic E-state index is 2.52. The number of fused-ring (bicyclic) bond motifs is 2. The smallest absolute Gasteiger partial charge is 0.00881 e. The van der Waals surface area contributed by atoms with E-state index in [0.717, 1.165) is 6.42 Å². The Morgan fingerprint density at radius 1 is 0.524 bits per heavy atom. The van der Waals surface area contributed by atoms with Crippen LogP contribution in [0, 0.1) is 0 Å². The first-order valence-electron chi connectivity index (χ1n) is 9.25. The Balaban J connectivity index is 1.70. The van der Waals surface area contributed by atoms with Gasteiger partial charge in [0.1, 0.15) is 0 Å². The molecule has 0 aromatic heterocycles. The largest absolute Gasteiger partial charge is 0.0795 e. The summed E-state index contributed by atoms with van der Waals surface area (Å²) in [7, 11) is 0. The molecule has 0 nitrogen and oxygen atoms in total. The van der Waals surface area contributed by atoms with Crippen LogP contribution in [0.15, 0.2) is 18.2 Å². The van der Waals surface area contributed by atoms with E-state index < -0.39 is 0 Å². The predicted molar refractivity (Wildman–Crippen MR) is 92.8 cm³/mol. The fourth-order valence-electron chi connectivity index (χ4n) is 3.91. The molecule has 0 radical (unpaired) electrons. The highest BCUT2D eigenvalue weighted by atomic mass is 14.2. The number of aryl methyl sites for hydroxylation is 2. The molecular formula is C21H30. The molecule has 0 amide bonds. The van der Waals surface area contributed by atoms with E-state index in [0.29, 0.717) is 0 Å². The number of allylic oxidation sites excluding steroid dienone is 1. The molecule has 2 aliphatic rings. The van der Waals surface area contributed by atoms with Crippen molar-refractivity contribution in [2.24, 2.45) is 0 Å². The number of rotatable bonds is 0. The van der Waals surface area contributed by atoms with E-state index in [-0.39, 0.29) is 0 Å². The molecular weight excluding hydrogens is 252 g/mol. The van der Waals surface area contributed by atoms with E-state index in [1.165, 1.54) is 82.6 Å². The highest BCUT2D eigenvalue weighted by Gasteiger charge is 2.11. The maximum absolute atomic E-state index is 2.52. The van der Waals surface area contributed by atoms with Crippen molar-refractivity contribution in [2.75, 3.05) is 0 Å². The van der Waals surface area contributed by atoms with Crippen molar-refractivity contribution < 1.29 is 0 Å². The second-order valence-electron chi connectivity index (χ2n) is 6.96. The number of benzene rings is 1. The van der Waals surface area contributed by atoms with Crippen molar-refractivity contribution in [3.63, 3.8) is 0 Å². The van der Waals surface area contributed by atoms with Gasteiger partial charge in [0.15, 0.2) is 0 Å². The third-order valence-electron chi connectivity index (χ3n) is 5.24. The van der Waals surface area contributed by atoms with Gasteiger partial charge in [-0.05, 0) is 54.4 Å². The highest BCUT2D eigenvalue weighted by molar-refractivity contribution is 5.62. The first kappa shape index (κ1) is 14.9. The molecule has 0 saturated heterocycles. The van der Waals surface area contributed by atoms with E-state index in [4.69, 9.17) is 0 Å². The molecule has 0 N–H and O–H groups in total. The monoisotopic (exact) mass is 282 g/mol. The van der Waals surface area contributed by atoms with E-state index in [2.05, 4.69) is 24.3 Å². The molecule has 0 heteroatoms. The van der Waals surface area contributed by atoms with Gasteiger partial charge in [0.25, 0.3) is 0 Å². The fourth-order valence-corrected chi connectivity index (χ4v) is 3.91. The molecule has 1 aromatic carbocycles. The van der Waals surface area contributed by atoms with Gasteiger partial charge in [0.05, 0.1) is 0 Å². The van der Waals surface area contributed by atoms with Gasteiger partial charge in [0, 0.05) is 0 Å². The summed E-state index contributed by atoms with van der Waals surface area (Å²) in [4.78, 5) is 0. The van der Waals surface area contributed by atoms with Gasteiger partial charge in [-0.1, -0.05) is 75.7 Å². The molecule has 2 aliphatic carbocycles. The standard InChI is InChI=1S/C21H30/c1-2-4-6-8-10-13-19-17-21-15-11-14-20(21)16-18(19)12-9-7-5-3-1/h11,14,16-17H,1-10,12-13,15H2. The van der Waals surface area contributed by atoms with Gasteiger partial charge in [0.2, 0.25) is 0 Å². The molecule has 0 saturated carbocycles. The number of hydrogen-bond donors (Lipinski definition) is 0. The minimum atomic E-state index is 1.16. The summed E-state index contributed by atoms with van der Waals surface area (Å²) in [5, 5.41) is 0. The van der Waals surface area contributed by atoms with Gasteiger partial charge < -0.3 is 0 Å². The summed E-state index contributed by atoms with van der Waals surface area (Å²) in [5.41, 5.74) is 6.37. The van der Waals surface area contributed by atoms with Crippen LogP contribution in [0.25, 0.3) is 6.08 Å². The third-order valence-corrected chi connectivity index (χ3v) is 5.24. The molecule has 1 aromatic rings. The summed E-state index contributed by atoms with van der Waals surface area (Å²) < 4.78 is 0. The zero-order chi connectivity index (χ0) is 14.3. The van der Waals surface area contributed by atoms with Crippen molar-refractivity contribution in [1.29, 1.82) is 0 Å². The molecule has 3 rings (SSSR count). The number of hydrogen-bond acceptors (Lipinski definition) is 0. The van der Waals surface area contributed by atoms with Gasteiger partial charge in [-0.15, -0.1) is 0 Å². The average molecular weight is 282 g/mol. The van der Waals surface area contributed by atoms with Crippen LogP contribution in [0.5, 0.6) is 0 Å². The van der Waals surface area contributed by atoms with Crippen LogP contribution in [-0.4, -0.2) is 0 Å². The van der Waals surface area contributed by atoms with Crippen molar-refractivity contribution in [2.45, 2.75) is 83.5 Å². The maximum Gasteiger partial charge on any atom is -0.00881 e. The zero-order valence-electron chi connectivity index (χ0n) is 13.5. The summed E-state index contributed by atoms with van der Waals surface area (Å²) in [5.74, 6) is 0. The third kappa shape index (κ3) is 4.22. The minimum absolute atomic E-state index is 1.16. The van der Waals surface area contributed by atoms with Crippen molar-refractivity contribution in [3.05, 3.63) is 40.5 Å². The Hall–Kier alpha value is -1.04. The van der Waals surface area contributed by atoms with Crippen LogP contribution in [0.2, 0.25) is 0 Å². The van der Waals surface area contributed by atoms with Crippen LogP contribution in [0.3, 0.4) is 0 Å². The van der Waals surface area contributed by atoms with Gasteiger partial charge in [-0.25, -0.2) is 0 Å². The topological polar surface area (TPSA) is 0 Å². The second-order valence-corrected chi connectivity index (χ2v) is 6.96. The Morgan fingerprint density at radius 2 is 1.05 bits per heavy atom. The summed E-state index contributed by atoms with van der Waals surface area (Å²) in [6.07, 6.45) is 22.8. The lowest BCUT2D eigenvalue weighted by Crippen LogP contribution is -1.99. The van der Waals surface area contributed by atoms with Crippen LogP contribution in [0.4, 0.5) is 0 Å². The van der Waals surface area contributed by atoms with Crippen molar-refractivity contribution >= 4 is 6.08 Å². The summed E-state index contributed by atoms with van der Waals surface area (Å²) >= 11 is 0. The predicted octanol–water partition coefficient (Wildman–Crippen LogP) is 6.26. The molecule has 0 unspecified atom stereocenters. The first-order valence-corrected chi connectivity index (χ1v) is 9.25. The van der Waals surface area contributed by atoms with Crippen LogP contribution < -0.4 is 0 Å². The lowest BCUT2D eigenvalue weighted by Gasteiger charge is -2.14. The highest BCUT2D eigenvalue weighted by Crippen LogP contribution is 2.27. The van der Waals surface area contributed by atoms with Crippen LogP contribution in [-0.2, 0) is 19.3 Å². The average Bonchev–Trinajstić information content (AvgIpc) is 2.95. The lowest BCUT2D eigenvalue weighted by molar-refractivity contribution is 0.546. The molecule has 0 aliphatic heterocycles. The van der Waals surface area contributed by atoms with Gasteiger partial charge >= 0.3 is 0 Å². The zero-order valence-corrected chi connectivity index (χ0v) is 13.5. The van der Waals surface area contributed by atoms with E-state index in [9.17, 15) is 0 Å². The molecule has 0 fully saturated rings. The molecule has 21 heavy (non-hydrogen) atoms. The van der Waals surface area contributed by atoms with Crippen molar-refractivity contribution in [1.82, 2.24) is 0 Å². The van der Waals surface area contributed by atoms with E-state index in [1.807, 2.05) is 0 Å². The van der Waals surface area contributed by atoms with Crippen LogP contribution >= 0.6 is 0 Å². The summed E-state index contributed by atoms with van der Waals surface area (Å²) in [6.45, 7) is 0. The SMILES string of the molecule is C1=Cc2cc3c(cc2C1)CCCCCCCCCCCC3. The Kier molecular flexibility index (Phi) is 5.54. The molecule has 0 heterocycles. The Morgan fingerprint density at radius 3 is 1.67 bits per heavy atom. The van der Waals surface area contributed by atoms with E-state index >= 15 is 0 Å². The Labute approximate surface area is 130 Å². The molecule has 0 bridgehead atoms.